The lowest BCUT2D eigenvalue weighted by Gasteiger charge is -2.23. The van der Waals surface area contributed by atoms with Gasteiger partial charge in [0.15, 0.2) is 0 Å². The third kappa shape index (κ3) is 6.01. The van der Waals surface area contributed by atoms with Crippen LogP contribution in [0.3, 0.4) is 0 Å². The van der Waals surface area contributed by atoms with E-state index in [-0.39, 0.29) is 12.5 Å². The van der Waals surface area contributed by atoms with Gasteiger partial charge in [0.2, 0.25) is 5.91 Å². The number of ether oxygens (including phenoxy) is 1. The van der Waals surface area contributed by atoms with Crippen molar-refractivity contribution in [1.82, 2.24) is 10.6 Å². The molecule has 6 nitrogen and oxygen atoms in total. The van der Waals surface area contributed by atoms with Gasteiger partial charge in [-0.1, -0.05) is 17.7 Å². The summed E-state index contributed by atoms with van der Waals surface area (Å²) >= 11 is 5.97. The number of hydrogen-bond donors (Lipinski definition) is 2. The van der Waals surface area contributed by atoms with Crippen molar-refractivity contribution >= 4 is 29.3 Å². The quantitative estimate of drug-likeness (QED) is 0.751. The highest BCUT2D eigenvalue weighted by molar-refractivity contribution is 6.30. The summed E-state index contributed by atoms with van der Waals surface area (Å²) in [6.45, 7) is 1.14. The maximum atomic E-state index is 12.1. The van der Waals surface area contributed by atoms with Crippen molar-refractivity contribution in [1.29, 1.82) is 0 Å². The number of halogens is 1. The van der Waals surface area contributed by atoms with Crippen LogP contribution in [0.1, 0.15) is 6.42 Å². The Labute approximate surface area is 129 Å². The lowest BCUT2D eigenvalue weighted by molar-refractivity contribution is -0.117. The van der Waals surface area contributed by atoms with Gasteiger partial charge in [0.25, 0.3) is 0 Å². The summed E-state index contributed by atoms with van der Waals surface area (Å²) in [4.78, 5) is 24.8. The predicted molar refractivity (Wildman–Crippen MR) is 82.8 cm³/mol. The molecule has 0 aliphatic rings. The molecule has 2 amide bonds. The third-order valence-electron chi connectivity index (χ3n) is 2.76. The second-order valence-corrected chi connectivity index (χ2v) is 4.76. The Morgan fingerprint density at radius 2 is 2.14 bits per heavy atom. The molecule has 0 saturated carbocycles. The average Bonchev–Trinajstić information content (AvgIpc) is 2.47. The van der Waals surface area contributed by atoms with E-state index in [9.17, 15) is 9.59 Å². The Kier molecular flexibility index (Phi) is 7.56. The zero-order valence-electron chi connectivity index (χ0n) is 12.2. The third-order valence-corrected chi connectivity index (χ3v) is 3.00. The monoisotopic (exact) mass is 313 g/mol. The number of alkyl carbamates (subject to hydrolysis) is 1. The molecule has 1 aromatic rings. The van der Waals surface area contributed by atoms with Crippen LogP contribution in [0, 0.1) is 0 Å². The molecule has 0 saturated heterocycles. The lowest BCUT2D eigenvalue weighted by atomic mass is 10.2. The van der Waals surface area contributed by atoms with Gasteiger partial charge >= 0.3 is 6.09 Å². The summed E-state index contributed by atoms with van der Waals surface area (Å²) in [7, 11) is 3.02. The summed E-state index contributed by atoms with van der Waals surface area (Å²) in [5.41, 5.74) is 0.737. The molecular weight excluding hydrogens is 294 g/mol. The fourth-order valence-electron chi connectivity index (χ4n) is 1.79. The lowest BCUT2D eigenvalue weighted by Crippen LogP contribution is -2.39. The molecule has 0 atom stereocenters. The van der Waals surface area contributed by atoms with E-state index in [1.54, 1.807) is 30.1 Å². The maximum Gasteiger partial charge on any atom is 0.406 e. The molecule has 0 fully saturated rings. The van der Waals surface area contributed by atoms with Gasteiger partial charge in [-0.25, -0.2) is 4.79 Å². The minimum Gasteiger partial charge on any atom is -0.453 e. The summed E-state index contributed by atoms with van der Waals surface area (Å²) in [6, 6.07) is 7.12. The minimum absolute atomic E-state index is 0.0576. The van der Waals surface area contributed by atoms with E-state index >= 15 is 0 Å². The zero-order chi connectivity index (χ0) is 15.7. The van der Waals surface area contributed by atoms with Gasteiger partial charge in [0.1, 0.15) is 0 Å². The summed E-state index contributed by atoms with van der Waals surface area (Å²) < 4.78 is 4.49. The number of benzene rings is 1. The standard InChI is InChI=1S/C14H20ClN3O3/c1-16-10-13(19)18(8-4-7-17-14(20)21-2)12-6-3-5-11(15)9-12/h3,5-6,9,16H,4,7-8,10H2,1-2H3,(H,17,20). The van der Waals surface area contributed by atoms with Crippen molar-refractivity contribution in [2.75, 3.05) is 38.7 Å². The molecule has 116 valence electrons. The normalized spacial score (nSPS) is 10.0. The summed E-state index contributed by atoms with van der Waals surface area (Å²) in [5.74, 6) is -0.0576. The Balaban J connectivity index is 2.65. The highest BCUT2D eigenvalue weighted by atomic mass is 35.5. The number of anilines is 1. The SMILES string of the molecule is CNCC(=O)N(CCCNC(=O)OC)c1cccc(Cl)c1. The Hall–Kier alpha value is -1.79. The molecule has 0 spiro atoms. The summed E-state index contributed by atoms with van der Waals surface area (Å²) in [5, 5.41) is 5.99. The first-order chi connectivity index (χ1) is 10.1. The Morgan fingerprint density at radius 1 is 1.38 bits per heavy atom. The van der Waals surface area contributed by atoms with Crippen LogP contribution >= 0.6 is 11.6 Å². The molecule has 0 bridgehead atoms. The maximum absolute atomic E-state index is 12.1. The molecule has 1 aromatic carbocycles. The first-order valence-electron chi connectivity index (χ1n) is 6.61. The number of nitrogens with one attached hydrogen (secondary N) is 2. The zero-order valence-corrected chi connectivity index (χ0v) is 12.9. The fraction of sp³-hybridized carbons (Fsp3) is 0.429. The molecule has 0 aliphatic heterocycles. The van der Waals surface area contributed by atoms with Gasteiger partial charge in [-0.05, 0) is 31.7 Å². The van der Waals surface area contributed by atoms with Gasteiger partial charge in [-0.2, -0.15) is 0 Å². The minimum atomic E-state index is -0.481. The molecule has 0 unspecified atom stereocenters. The molecule has 0 radical (unpaired) electrons. The molecule has 0 aromatic heterocycles. The molecule has 1 rings (SSSR count). The van der Waals surface area contributed by atoms with Crippen LogP contribution in [0.4, 0.5) is 10.5 Å². The summed E-state index contributed by atoms with van der Waals surface area (Å²) in [6.07, 6.45) is 0.128. The first kappa shape index (κ1) is 17.3. The van der Waals surface area contributed by atoms with E-state index in [2.05, 4.69) is 15.4 Å². The van der Waals surface area contributed by atoms with Crippen LogP contribution < -0.4 is 15.5 Å². The number of methoxy groups -OCH3 is 1. The second-order valence-electron chi connectivity index (χ2n) is 4.33. The van der Waals surface area contributed by atoms with Crippen LogP contribution in [0.25, 0.3) is 0 Å². The van der Waals surface area contributed by atoms with Crippen molar-refractivity contribution in [3.05, 3.63) is 29.3 Å². The number of carbonyl (C=O) groups is 2. The van der Waals surface area contributed by atoms with Crippen molar-refractivity contribution in [3.8, 4) is 0 Å². The molecule has 7 heteroatoms. The highest BCUT2D eigenvalue weighted by Crippen LogP contribution is 2.19. The van der Waals surface area contributed by atoms with Crippen molar-refractivity contribution < 1.29 is 14.3 Å². The van der Waals surface area contributed by atoms with Crippen LogP contribution in [-0.2, 0) is 9.53 Å². The number of rotatable bonds is 7. The fourth-order valence-corrected chi connectivity index (χ4v) is 1.97. The number of likely N-dealkylation sites (N-methyl/N-ethyl adjacent to an activating group) is 1. The number of carbonyl (C=O) groups excluding carboxylic acids is 2. The van der Waals surface area contributed by atoms with Gasteiger partial charge in [0, 0.05) is 23.8 Å². The topological polar surface area (TPSA) is 70.7 Å². The average molecular weight is 314 g/mol. The van der Waals surface area contributed by atoms with E-state index in [4.69, 9.17) is 11.6 Å². The Bertz CT molecular complexity index is 482. The van der Waals surface area contributed by atoms with Crippen molar-refractivity contribution in [3.63, 3.8) is 0 Å². The van der Waals surface area contributed by atoms with Crippen LogP contribution in [0.2, 0.25) is 5.02 Å². The van der Waals surface area contributed by atoms with E-state index in [0.29, 0.717) is 24.5 Å². The van der Waals surface area contributed by atoms with Crippen LogP contribution in [0.15, 0.2) is 24.3 Å². The Morgan fingerprint density at radius 3 is 2.76 bits per heavy atom. The number of amides is 2. The molecule has 21 heavy (non-hydrogen) atoms. The molecule has 2 N–H and O–H groups in total. The van der Waals surface area contributed by atoms with Crippen LogP contribution in [0.5, 0.6) is 0 Å². The van der Waals surface area contributed by atoms with Crippen LogP contribution in [-0.4, -0.2) is 45.8 Å². The molecule has 0 aliphatic carbocycles. The predicted octanol–water partition coefficient (Wildman–Crippen LogP) is 1.64. The smallest absolute Gasteiger partial charge is 0.406 e. The number of nitrogens with zero attached hydrogens (tertiary/aromatic N) is 1. The van der Waals surface area contributed by atoms with E-state index < -0.39 is 6.09 Å². The number of hydrogen-bond acceptors (Lipinski definition) is 4. The first-order valence-corrected chi connectivity index (χ1v) is 6.98. The highest BCUT2D eigenvalue weighted by Gasteiger charge is 2.15. The van der Waals surface area contributed by atoms with Crippen molar-refractivity contribution in [2.45, 2.75) is 6.42 Å². The van der Waals surface area contributed by atoms with Gasteiger partial charge in [-0.3, -0.25) is 4.79 Å². The molecular formula is C14H20ClN3O3. The van der Waals surface area contributed by atoms with Gasteiger partial charge < -0.3 is 20.3 Å². The van der Waals surface area contributed by atoms with E-state index in [0.717, 1.165) is 5.69 Å². The van der Waals surface area contributed by atoms with Gasteiger partial charge in [-0.15, -0.1) is 0 Å². The van der Waals surface area contributed by atoms with E-state index in [1.165, 1.54) is 7.11 Å². The van der Waals surface area contributed by atoms with Crippen molar-refractivity contribution in [2.24, 2.45) is 0 Å². The van der Waals surface area contributed by atoms with Gasteiger partial charge in [0.05, 0.1) is 13.7 Å². The van der Waals surface area contributed by atoms with E-state index in [1.807, 2.05) is 6.07 Å². The molecule has 0 heterocycles. The second kappa shape index (κ2) is 9.20. The largest absolute Gasteiger partial charge is 0.453 e.